The zero-order valence-corrected chi connectivity index (χ0v) is 11.0. The van der Waals surface area contributed by atoms with Crippen LogP contribution >= 0.6 is 0 Å². The number of nitrogens with one attached hydrogen (secondary N) is 1. The fraction of sp³-hybridized carbons (Fsp3) is 0.692. The maximum Gasteiger partial charge on any atom is 0.330 e. The molecule has 1 atom stereocenters. The van der Waals surface area contributed by atoms with Crippen LogP contribution in [0.1, 0.15) is 26.7 Å². The Morgan fingerprint density at radius 3 is 2.67 bits per heavy atom. The van der Waals surface area contributed by atoms with Crippen LogP contribution in [-0.2, 0) is 19.1 Å². The molecule has 1 unspecified atom stereocenters. The first-order chi connectivity index (χ1) is 8.42. The average molecular weight is 253 g/mol. The van der Waals surface area contributed by atoms with E-state index in [0.717, 1.165) is 12.8 Å². The zero-order chi connectivity index (χ0) is 13.4. The molecule has 2 aliphatic heterocycles. The lowest BCUT2D eigenvalue weighted by molar-refractivity contribution is -0.136. The van der Waals surface area contributed by atoms with Crippen LogP contribution in [0.15, 0.2) is 12.2 Å². The van der Waals surface area contributed by atoms with E-state index in [4.69, 9.17) is 4.74 Å². The van der Waals surface area contributed by atoms with Crippen molar-refractivity contribution in [3.8, 4) is 0 Å². The lowest BCUT2D eigenvalue weighted by Crippen LogP contribution is -2.53. The minimum Gasteiger partial charge on any atom is -0.466 e. The molecular weight excluding hydrogens is 234 g/mol. The Morgan fingerprint density at radius 1 is 1.50 bits per heavy atom. The number of amides is 1. The van der Waals surface area contributed by atoms with Gasteiger partial charge in [-0.2, -0.15) is 0 Å². The van der Waals surface area contributed by atoms with Crippen LogP contribution in [0.4, 0.5) is 0 Å². The standard InChI is InChI=1S/C13H19NO4/c1-9-13(7-12(2,8-13)18-9)11(16)14-6-4-5-10(15)17-3/h4-5,9H,6-8H2,1-3H3,(H,14,16)/b5-4+. The van der Waals surface area contributed by atoms with Crippen molar-refractivity contribution < 1.29 is 19.1 Å². The van der Waals surface area contributed by atoms with Crippen molar-refractivity contribution in [3.05, 3.63) is 12.2 Å². The van der Waals surface area contributed by atoms with E-state index < -0.39 is 5.97 Å². The lowest BCUT2D eigenvalue weighted by Gasteiger charge is -2.41. The van der Waals surface area contributed by atoms with Crippen LogP contribution in [0.5, 0.6) is 0 Å². The number of hydrogen-bond donors (Lipinski definition) is 1. The molecule has 5 heteroatoms. The van der Waals surface area contributed by atoms with Gasteiger partial charge in [-0.05, 0) is 26.7 Å². The smallest absolute Gasteiger partial charge is 0.330 e. The van der Waals surface area contributed by atoms with Crippen LogP contribution < -0.4 is 5.32 Å². The number of ether oxygens (including phenoxy) is 2. The van der Waals surface area contributed by atoms with Gasteiger partial charge in [-0.1, -0.05) is 6.08 Å². The molecule has 0 radical (unpaired) electrons. The third-order valence-corrected chi connectivity index (χ3v) is 3.91. The molecule has 1 N–H and O–H groups in total. The van der Waals surface area contributed by atoms with E-state index in [1.165, 1.54) is 13.2 Å². The summed E-state index contributed by atoms with van der Waals surface area (Å²) >= 11 is 0. The molecule has 1 aliphatic carbocycles. The first-order valence-corrected chi connectivity index (χ1v) is 6.12. The molecule has 1 saturated carbocycles. The summed E-state index contributed by atoms with van der Waals surface area (Å²) in [6, 6.07) is 0. The van der Waals surface area contributed by atoms with Gasteiger partial charge in [0.05, 0.1) is 24.2 Å². The molecule has 0 aromatic heterocycles. The van der Waals surface area contributed by atoms with Crippen LogP contribution in [0, 0.1) is 5.41 Å². The van der Waals surface area contributed by atoms with Crippen molar-refractivity contribution in [2.24, 2.45) is 5.41 Å². The summed E-state index contributed by atoms with van der Waals surface area (Å²) < 4.78 is 10.2. The van der Waals surface area contributed by atoms with Crippen molar-refractivity contribution >= 4 is 11.9 Å². The van der Waals surface area contributed by atoms with Gasteiger partial charge < -0.3 is 14.8 Å². The molecule has 0 spiro atoms. The monoisotopic (exact) mass is 253 g/mol. The minimum atomic E-state index is -0.420. The normalized spacial score (nSPS) is 37.4. The maximum atomic E-state index is 12.1. The van der Waals surface area contributed by atoms with E-state index in [1.54, 1.807) is 6.08 Å². The molecule has 5 nitrogen and oxygen atoms in total. The summed E-state index contributed by atoms with van der Waals surface area (Å²) in [7, 11) is 1.32. The van der Waals surface area contributed by atoms with Crippen molar-refractivity contribution in [3.63, 3.8) is 0 Å². The molecule has 3 fully saturated rings. The summed E-state index contributed by atoms with van der Waals surface area (Å²) in [6.07, 6.45) is 4.42. The molecule has 2 heterocycles. The molecule has 100 valence electrons. The highest BCUT2D eigenvalue weighted by molar-refractivity contribution is 5.86. The van der Waals surface area contributed by atoms with E-state index in [-0.39, 0.29) is 23.0 Å². The number of carbonyl (C=O) groups excluding carboxylic acids is 2. The highest BCUT2D eigenvalue weighted by Gasteiger charge is 2.67. The Labute approximate surface area is 107 Å². The number of methoxy groups -OCH3 is 1. The Balaban J connectivity index is 1.83. The van der Waals surface area contributed by atoms with Gasteiger partial charge >= 0.3 is 5.97 Å². The highest BCUT2D eigenvalue weighted by atomic mass is 16.5. The first-order valence-electron chi connectivity index (χ1n) is 6.12. The second-order valence-corrected chi connectivity index (χ2v) is 5.36. The Bertz CT molecular complexity index is 396. The van der Waals surface area contributed by atoms with E-state index in [9.17, 15) is 9.59 Å². The first kappa shape index (κ1) is 13.1. The van der Waals surface area contributed by atoms with Crippen LogP contribution in [-0.4, -0.2) is 37.2 Å². The molecule has 0 aromatic rings. The molecule has 0 aromatic carbocycles. The number of hydrogen-bond acceptors (Lipinski definition) is 4. The van der Waals surface area contributed by atoms with Crippen LogP contribution in [0.2, 0.25) is 0 Å². The largest absolute Gasteiger partial charge is 0.466 e. The summed E-state index contributed by atoms with van der Waals surface area (Å²) in [5, 5.41) is 2.82. The van der Waals surface area contributed by atoms with Gasteiger partial charge in [-0.25, -0.2) is 4.79 Å². The van der Waals surface area contributed by atoms with Crippen molar-refractivity contribution in [2.45, 2.75) is 38.4 Å². The van der Waals surface area contributed by atoms with E-state index in [0.29, 0.717) is 6.54 Å². The molecule has 3 rings (SSSR count). The zero-order valence-electron chi connectivity index (χ0n) is 11.0. The minimum absolute atomic E-state index is 0.0134. The molecular formula is C13H19NO4. The van der Waals surface area contributed by atoms with Crippen molar-refractivity contribution in [2.75, 3.05) is 13.7 Å². The third-order valence-electron chi connectivity index (χ3n) is 3.91. The SMILES string of the molecule is COC(=O)/C=C/CNC(=O)C12CC(C)(C1)OC2C. The van der Waals surface area contributed by atoms with Gasteiger partial charge in [0.15, 0.2) is 0 Å². The fourth-order valence-corrected chi connectivity index (χ4v) is 3.09. The summed E-state index contributed by atoms with van der Waals surface area (Å²) in [4.78, 5) is 23.0. The van der Waals surface area contributed by atoms with Gasteiger partial charge in [-0.15, -0.1) is 0 Å². The number of rotatable bonds is 4. The van der Waals surface area contributed by atoms with Crippen LogP contribution in [0.25, 0.3) is 0 Å². The number of carbonyl (C=O) groups is 2. The second-order valence-electron chi connectivity index (χ2n) is 5.36. The fourth-order valence-electron chi connectivity index (χ4n) is 3.09. The molecule has 2 saturated heterocycles. The Morgan fingerprint density at radius 2 is 2.17 bits per heavy atom. The summed E-state index contributed by atoms with van der Waals surface area (Å²) in [5.74, 6) is -0.407. The second kappa shape index (κ2) is 4.39. The quantitative estimate of drug-likeness (QED) is 0.594. The predicted octanol–water partition coefficient (Wildman–Crippen LogP) is 0.789. The van der Waals surface area contributed by atoms with E-state index in [2.05, 4.69) is 10.1 Å². The van der Waals surface area contributed by atoms with Crippen LogP contribution in [0.3, 0.4) is 0 Å². The molecule has 18 heavy (non-hydrogen) atoms. The Hall–Kier alpha value is -1.36. The number of esters is 1. The lowest BCUT2D eigenvalue weighted by atomic mass is 9.60. The van der Waals surface area contributed by atoms with Gasteiger partial charge in [0.2, 0.25) is 5.91 Å². The van der Waals surface area contributed by atoms with Gasteiger partial charge in [0.1, 0.15) is 0 Å². The average Bonchev–Trinajstić information content (AvgIpc) is 2.69. The van der Waals surface area contributed by atoms with Gasteiger partial charge in [0, 0.05) is 12.6 Å². The predicted molar refractivity (Wildman–Crippen MR) is 64.8 cm³/mol. The summed E-state index contributed by atoms with van der Waals surface area (Å²) in [6.45, 7) is 4.32. The topological polar surface area (TPSA) is 64.6 Å². The van der Waals surface area contributed by atoms with E-state index in [1.807, 2.05) is 13.8 Å². The molecule has 2 bridgehead atoms. The third kappa shape index (κ3) is 2.03. The molecule has 1 amide bonds. The Kier molecular flexibility index (Phi) is 3.19. The maximum absolute atomic E-state index is 12.1. The van der Waals surface area contributed by atoms with E-state index >= 15 is 0 Å². The molecule has 3 aliphatic rings. The van der Waals surface area contributed by atoms with Crippen molar-refractivity contribution in [1.29, 1.82) is 0 Å². The van der Waals surface area contributed by atoms with Crippen molar-refractivity contribution in [1.82, 2.24) is 5.32 Å². The van der Waals surface area contributed by atoms with Gasteiger partial charge in [0.25, 0.3) is 0 Å². The number of fused-ring (bicyclic) bond motifs is 1. The van der Waals surface area contributed by atoms with Gasteiger partial charge in [-0.3, -0.25) is 4.79 Å². The summed E-state index contributed by atoms with van der Waals surface area (Å²) in [5.41, 5.74) is -0.480. The highest BCUT2D eigenvalue weighted by Crippen LogP contribution is 2.61.